The van der Waals surface area contributed by atoms with Gasteiger partial charge in [-0.1, -0.05) is 18.2 Å². The van der Waals surface area contributed by atoms with Gasteiger partial charge in [0, 0.05) is 18.0 Å². The van der Waals surface area contributed by atoms with Crippen LogP contribution in [0.3, 0.4) is 0 Å². The van der Waals surface area contributed by atoms with Crippen molar-refractivity contribution < 1.29 is 9.90 Å². The number of benzene rings is 1. The van der Waals surface area contributed by atoms with Crippen LogP contribution in [0.5, 0.6) is 0 Å². The number of hydrogen-bond donors (Lipinski definition) is 2. The number of nitrogens with one attached hydrogen (secondary N) is 1. The van der Waals surface area contributed by atoms with Crippen molar-refractivity contribution in [3.8, 4) is 0 Å². The summed E-state index contributed by atoms with van der Waals surface area (Å²) in [4.78, 5) is 14.5. The zero-order valence-corrected chi connectivity index (χ0v) is 11.5. The zero-order valence-electron chi connectivity index (χ0n) is 11.5. The molecule has 0 bridgehead atoms. The van der Waals surface area contributed by atoms with Gasteiger partial charge >= 0.3 is 0 Å². The van der Waals surface area contributed by atoms with Gasteiger partial charge in [-0.3, -0.25) is 9.89 Å². The van der Waals surface area contributed by atoms with E-state index in [-0.39, 0.29) is 18.1 Å². The Balaban J connectivity index is 1.88. The summed E-state index contributed by atoms with van der Waals surface area (Å²) in [6, 6.07) is 7.77. The van der Waals surface area contributed by atoms with Gasteiger partial charge in [-0.15, -0.1) is 0 Å². The molecule has 1 fully saturated rings. The maximum Gasteiger partial charge on any atom is 0.275 e. The lowest BCUT2D eigenvalue weighted by Gasteiger charge is -2.25. The van der Waals surface area contributed by atoms with Crippen LogP contribution >= 0.6 is 0 Å². The Morgan fingerprint density at radius 2 is 2.35 bits per heavy atom. The first-order chi connectivity index (χ1) is 9.66. The lowest BCUT2D eigenvalue weighted by molar-refractivity contribution is 0.0678. The fourth-order valence-corrected chi connectivity index (χ4v) is 3.00. The van der Waals surface area contributed by atoms with E-state index in [1.54, 1.807) is 6.92 Å². The van der Waals surface area contributed by atoms with E-state index in [9.17, 15) is 9.90 Å². The maximum absolute atomic E-state index is 12.7. The van der Waals surface area contributed by atoms with Crippen LogP contribution in [0.2, 0.25) is 0 Å². The first-order valence-electron chi connectivity index (χ1n) is 7.09. The molecule has 5 heteroatoms. The van der Waals surface area contributed by atoms with E-state index in [0.717, 1.165) is 30.3 Å². The van der Waals surface area contributed by atoms with Crippen LogP contribution in [0.15, 0.2) is 24.3 Å². The minimum Gasteiger partial charge on any atom is -0.393 e. The third-order valence-corrected chi connectivity index (χ3v) is 3.92. The number of nitrogens with zero attached hydrogens (tertiary/aromatic N) is 2. The lowest BCUT2D eigenvalue weighted by atomic mass is 10.1. The molecule has 1 saturated heterocycles. The molecule has 0 aliphatic carbocycles. The molecule has 5 nitrogen and oxygen atoms in total. The fourth-order valence-electron chi connectivity index (χ4n) is 3.00. The van der Waals surface area contributed by atoms with Crippen LogP contribution in [0.25, 0.3) is 10.9 Å². The summed E-state index contributed by atoms with van der Waals surface area (Å²) < 4.78 is 0. The van der Waals surface area contributed by atoms with Crippen molar-refractivity contribution in [1.29, 1.82) is 0 Å². The number of carbonyl (C=O) groups excluding carboxylic acids is 1. The molecule has 20 heavy (non-hydrogen) atoms. The summed E-state index contributed by atoms with van der Waals surface area (Å²) in [7, 11) is 0. The van der Waals surface area contributed by atoms with Gasteiger partial charge in [-0.2, -0.15) is 5.10 Å². The van der Waals surface area contributed by atoms with Crippen molar-refractivity contribution in [2.45, 2.75) is 38.3 Å². The normalized spacial score (nSPS) is 20.5. The van der Waals surface area contributed by atoms with Gasteiger partial charge in [0.05, 0.1) is 11.6 Å². The van der Waals surface area contributed by atoms with Crippen LogP contribution in [-0.2, 0) is 0 Å². The number of carbonyl (C=O) groups is 1. The summed E-state index contributed by atoms with van der Waals surface area (Å²) in [5, 5.41) is 17.5. The van der Waals surface area contributed by atoms with Crippen molar-refractivity contribution in [3.63, 3.8) is 0 Å². The standard InChI is InChI=1S/C15H19N3O2/c1-10(19)9-11-5-4-8-18(11)15(20)14-12-6-2-3-7-13(12)16-17-14/h2-3,6-7,10-11,19H,4-5,8-9H2,1H3,(H,16,17). The van der Waals surface area contributed by atoms with E-state index < -0.39 is 0 Å². The second kappa shape index (κ2) is 5.25. The minimum absolute atomic E-state index is 0.0365. The van der Waals surface area contributed by atoms with Crippen LogP contribution in [0, 0.1) is 0 Å². The number of aliphatic hydroxyl groups excluding tert-OH is 1. The first kappa shape index (κ1) is 13.1. The third-order valence-electron chi connectivity index (χ3n) is 3.92. The Kier molecular flexibility index (Phi) is 3.44. The molecule has 2 aromatic rings. The highest BCUT2D eigenvalue weighted by Crippen LogP contribution is 2.25. The predicted octanol–water partition coefficient (Wildman–Crippen LogP) is 1.94. The molecule has 0 saturated carbocycles. The lowest BCUT2D eigenvalue weighted by Crippen LogP contribution is -2.37. The summed E-state index contributed by atoms with van der Waals surface area (Å²) in [5.41, 5.74) is 1.36. The number of rotatable bonds is 3. The van der Waals surface area contributed by atoms with E-state index >= 15 is 0 Å². The van der Waals surface area contributed by atoms with Crippen molar-refractivity contribution >= 4 is 16.8 Å². The smallest absolute Gasteiger partial charge is 0.275 e. The van der Waals surface area contributed by atoms with Crippen LogP contribution in [0.1, 0.15) is 36.7 Å². The van der Waals surface area contributed by atoms with Gasteiger partial charge in [0.25, 0.3) is 5.91 Å². The molecule has 106 valence electrons. The number of fused-ring (bicyclic) bond motifs is 1. The number of aromatic amines is 1. The summed E-state index contributed by atoms with van der Waals surface area (Å²) in [6.07, 6.45) is 2.20. The van der Waals surface area contributed by atoms with Gasteiger partial charge in [0.1, 0.15) is 0 Å². The van der Waals surface area contributed by atoms with Crippen molar-refractivity contribution in [2.24, 2.45) is 0 Å². The van der Waals surface area contributed by atoms with Gasteiger partial charge in [-0.25, -0.2) is 0 Å². The maximum atomic E-state index is 12.7. The molecule has 1 aromatic heterocycles. The molecule has 2 heterocycles. The van der Waals surface area contributed by atoms with E-state index in [1.807, 2.05) is 29.2 Å². The quantitative estimate of drug-likeness (QED) is 0.898. The first-order valence-corrected chi connectivity index (χ1v) is 7.09. The molecular formula is C15H19N3O2. The molecule has 2 unspecified atom stereocenters. The molecule has 2 N–H and O–H groups in total. The third kappa shape index (κ3) is 2.29. The molecule has 1 aromatic carbocycles. The fraction of sp³-hybridized carbons (Fsp3) is 0.467. The Morgan fingerprint density at radius 1 is 1.55 bits per heavy atom. The highest BCUT2D eigenvalue weighted by molar-refractivity contribution is 6.04. The Labute approximate surface area is 117 Å². The molecule has 1 amide bonds. The molecule has 0 spiro atoms. The molecular weight excluding hydrogens is 254 g/mol. The van der Waals surface area contributed by atoms with Gasteiger partial charge in [0.15, 0.2) is 5.69 Å². The predicted molar refractivity (Wildman–Crippen MR) is 76.5 cm³/mol. The summed E-state index contributed by atoms with van der Waals surface area (Å²) in [5.74, 6) is -0.0365. The van der Waals surface area contributed by atoms with E-state index in [2.05, 4.69) is 10.2 Å². The van der Waals surface area contributed by atoms with Gasteiger partial charge < -0.3 is 10.0 Å². The highest BCUT2D eigenvalue weighted by atomic mass is 16.3. The number of hydrogen-bond acceptors (Lipinski definition) is 3. The van der Waals surface area contributed by atoms with E-state index in [4.69, 9.17) is 0 Å². The monoisotopic (exact) mass is 273 g/mol. The van der Waals surface area contributed by atoms with Crippen LogP contribution < -0.4 is 0 Å². The number of para-hydroxylation sites is 1. The Morgan fingerprint density at radius 3 is 3.15 bits per heavy atom. The number of likely N-dealkylation sites (tertiary alicyclic amines) is 1. The van der Waals surface area contributed by atoms with E-state index in [1.165, 1.54) is 0 Å². The van der Waals surface area contributed by atoms with Crippen molar-refractivity contribution in [2.75, 3.05) is 6.54 Å². The average molecular weight is 273 g/mol. The summed E-state index contributed by atoms with van der Waals surface area (Å²) >= 11 is 0. The topological polar surface area (TPSA) is 69.2 Å². The number of amides is 1. The van der Waals surface area contributed by atoms with Crippen molar-refractivity contribution in [1.82, 2.24) is 15.1 Å². The zero-order chi connectivity index (χ0) is 14.1. The molecule has 3 rings (SSSR count). The Hall–Kier alpha value is -1.88. The largest absolute Gasteiger partial charge is 0.393 e. The number of aliphatic hydroxyl groups is 1. The van der Waals surface area contributed by atoms with E-state index in [0.29, 0.717) is 12.1 Å². The van der Waals surface area contributed by atoms with Crippen molar-refractivity contribution in [3.05, 3.63) is 30.0 Å². The van der Waals surface area contributed by atoms with Gasteiger partial charge in [-0.05, 0) is 32.3 Å². The second-order valence-corrected chi connectivity index (χ2v) is 5.50. The molecule has 1 aliphatic heterocycles. The minimum atomic E-state index is -0.385. The molecule has 0 radical (unpaired) electrons. The van der Waals surface area contributed by atoms with Crippen LogP contribution in [-0.4, -0.2) is 44.8 Å². The number of H-pyrrole nitrogens is 1. The summed E-state index contributed by atoms with van der Waals surface area (Å²) in [6.45, 7) is 2.52. The van der Waals surface area contributed by atoms with Gasteiger partial charge in [0.2, 0.25) is 0 Å². The second-order valence-electron chi connectivity index (χ2n) is 5.50. The Bertz CT molecular complexity index is 620. The number of aromatic nitrogens is 2. The average Bonchev–Trinajstić information content (AvgIpc) is 3.03. The highest BCUT2D eigenvalue weighted by Gasteiger charge is 2.31. The molecule has 1 aliphatic rings. The SMILES string of the molecule is CC(O)CC1CCCN1C(=O)c1n[nH]c2ccccc12. The molecule has 2 atom stereocenters. The van der Waals surface area contributed by atoms with Crippen LogP contribution in [0.4, 0.5) is 0 Å².